The van der Waals surface area contributed by atoms with Gasteiger partial charge in [-0.2, -0.15) is 0 Å². The molecule has 3 heterocycles. The fourth-order valence-electron chi connectivity index (χ4n) is 3.28. The summed E-state index contributed by atoms with van der Waals surface area (Å²) in [6.07, 6.45) is 2.23. The molecule has 2 amide bonds. The van der Waals surface area contributed by atoms with Crippen molar-refractivity contribution < 1.29 is 9.59 Å². The Morgan fingerprint density at radius 2 is 1.77 bits per heavy atom. The highest BCUT2D eigenvalue weighted by Crippen LogP contribution is 2.15. The van der Waals surface area contributed by atoms with Crippen LogP contribution in [0.5, 0.6) is 0 Å². The first-order valence-electron chi connectivity index (χ1n) is 8.73. The molecule has 1 aliphatic rings. The second kappa shape index (κ2) is 7.29. The molecule has 0 atom stereocenters. The lowest BCUT2D eigenvalue weighted by atomic mass is 10.2. The van der Waals surface area contributed by atoms with Crippen LogP contribution >= 0.6 is 11.3 Å². The van der Waals surface area contributed by atoms with Crippen molar-refractivity contribution in [2.24, 2.45) is 0 Å². The number of thiophene rings is 1. The number of aryl methyl sites for hydroxylation is 1. The topological polar surface area (TPSA) is 58.4 Å². The number of nitrogens with zero attached hydrogens (tertiary/aromatic N) is 4. The van der Waals surface area contributed by atoms with Gasteiger partial charge in [0.05, 0.1) is 22.2 Å². The van der Waals surface area contributed by atoms with E-state index in [9.17, 15) is 9.59 Å². The highest BCUT2D eigenvalue weighted by molar-refractivity contribution is 7.12. The van der Waals surface area contributed by atoms with Crippen molar-refractivity contribution in [2.45, 2.75) is 13.0 Å². The smallest absolute Gasteiger partial charge is 0.264 e. The van der Waals surface area contributed by atoms with Crippen LogP contribution in [-0.4, -0.2) is 57.3 Å². The minimum atomic E-state index is 0.0667. The number of aromatic nitrogens is 2. The first kappa shape index (κ1) is 16.8. The third-order valence-electron chi connectivity index (χ3n) is 4.75. The molecule has 6 nitrogen and oxygen atoms in total. The van der Waals surface area contributed by atoms with Crippen LogP contribution in [-0.2, 0) is 11.3 Å². The summed E-state index contributed by atoms with van der Waals surface area (Å²) in [6, 6.07) is 11.7. The summed E-state index contributed by atoms with van der Waals surface area (Å²) in [7, 11) is 0. The van der Waals surface area contributed by atoms with Gasteiger partial charge in [0.2, 0.25) is 5.91 Å². The summed E-state index contributed by atoms with van der Waals surface area (Å²) in [6.45, 7) is 3.00. The average Bonchev–Trinajstić information content (AvgIpc) is 3.36. The third kappa shape index (κ3) is 3.35. The maximum Gasteiger partial charge on any atom is 0.264 e. The van der Waals surface area contributed by atoms with E-state index >= 15 is 0 Å². The molecule has 2 aromatic heterocycles. The number of benzene rings is 1. The van der Waals surface area contributed by atoms with E-state index in [4.69, 9.17) is 0 Å². The van der Waals surface area contributed by atoms with Crippen molar-refractivity contribution in [3.8, 4) is 0 Å². The van der Waals surface area contributed by atoms with Crippen molar-refractivity contribution in [3.05, 3.63) is 53.0 Å². The lowest BCUT2D eigenvalue weighted by Gasteiger charge is -2.34. The number of carbonyl (C=O) groups excluding carboxylic acids is 2. The Labute approximate surface area is 155 Å². The number of hydrogen-bond acceptors (Lipinski definition) is 4. The molecular formula is C19H20N4O2S. The largest absolute Gasteiger partial charge is 0.339 e. The van der Waals surface area contributed by atoms with Gasteiger partial charge >= 0.3 is 0 Å². The molecule has 134 valence electrons. The molecule has 0 spiro atoms. The minimum Gasteiger partial charge on any atom is -0.339 e. The zero-order valence-electron chi connectivity index (χ0n) is 14.4. The number of piperazine rings is 1. The molecule has 26 heavy (non-hydrogen) atoms. The summed E-state index contributed by atoms with van der Waals surface area (Å²) in [5.74, 6) is 0.197. The van der Waals surface area contributed by atoms with E-state index in [0.717, 1.165) is 15.9 Å². The molecule has 0 N–H and O–H groups in total. The second-order valence-corrected chi connectivity index (χ2v) is 7.27. The Morgan fingerprint density at radius 3 is 2.54 bits per heavy atom. The number of rotatable bonds is 4. The van der Waals surface area contributed by atoms with E-state index in [0.29, 0.717) is 39.1 Å². The Hall–Kier alpha value is -2.67. The van der Waals surface area contributed by atoms with Gasteiger partial charge in [-0.15, -0.1) is 11.3 Å². The molecule has 1 fully saturated rings. The van der Waals surface area contributed by atoms with Gasteiger partial charge in [-0.25, -0.2) is 4.98 Å². The summed E-state index contributed by atoms with van der Waals surface area (Å²) < 4.78 is 2.02. The van der Waals surface area contributed by atoms with Gasteiger partial charge < -0.3 is 14.4 Å². The van der Waals surface area contributed by atoms with Gasteiger partial charge in [-0.05, 0) is 23.6 Å². The van der Waals surface area contributed by atoms with Gasteiger partial charge in [0, 0.05) is 39.1 Å². The molecule has 0 saturated carbocycles. The molecule has 4 rings (SSSR count). The van der Waals surface area contributed by atoms with Crippen LogP contribution in [0.15, 0.2) is 48.1 Å². The zero-order valence-corrected chi connectivity index (χ0v) is 15.2. The molecule has 7 heteroatoms. The highest BCUT2D eigenvalue weighted by Gasteiger charge is 2.25. The summed E-state index contributed by atoms with van der Waals surface area (Å²) >= 11 is 1.46. The number of fused-ring (bicyclic) bond motifs is 1. The Balaban J connectivity index is 1.30. The summed E-state index contributed by atoms with van der Waals surface area (Å²) in [5, 5.41) is 1.91. The van der Waals surface area contributed by atoms with E-state index in [1.165, 1.54) is 11.3 Å². The number of carbonyl (C=O) groups is 2. The van der Waals surface area contributed by atoms with Crippen LogP contribution in [0.4, 0.5) is 0 Å². The van der Waals surface area contributed by atoms with Gasteiger partial charge in [0.1, 0.15) is 0 Å². The Bertz CT molecular complexity index is 911. The number of imidazole rings is 1. The Kier molecular flexibility index (Phi) is 4.71. The maximum absolute atomic E-state index is 12.5. The number of hydrogen-bond donors (Lipinski definition) is 0. The first-order valence-corrected chi connectivity index (χ1v) is 9.61. The monoisotopic (exact) mass is 368 g/mol. The standard InChI is InChI=1S/C19H20N4O2S/c24-18(7-8-23-14-20-15-4-1-2-5-16(15)23)21-9-11-22(12-10-21)19(25)17-6-3-13-26-17/h1-6,13-14H,7-12H2. The van der Waals surface area contributed by atoms with Crippen LogP contribution in [0.25, 0.3) is 11.0 Å². The van der Waals surface area contributed by atoms with Crippen LogP contribution in [0, 0.1) is 0 Å². The van der Waals surface area contributed by atoms with E-state index in [2.05, 4.69) is 4.98 Å². The minimum absolute atomic E-state index is 0.0667. The molecule has 3 aromatic rings. The molecule has 0 radical (unpaired) electrons. The van der Waals surface area contributed by atoms with Crippen molar-refractivity contribution in [1.29, 1.82) is 0 Å². The van der Waals surface area contributed by atoms with Crippen molar-refractivity contribution >= 4 is 34.2 Å². The maximum atomic E-state index is 12.5. The molecule has 1 saturated heterocycles. The van der Waals surface area contributed by atoms with Crippen molar-refractivity contribution in [2.75, 3.05) is 26.2 Å². The highest BCUT2D eigenvalue weighted by atomic mass is 32.1. The van der Waals surface area contributed by atoms with E-state index < -0.39 is 0 Å². The lowest BCUT2D eigenvalue weighted by molar-refractivity contribution is -0.132. The van der Waals surface area contributed by atoms with Crippen molar-refractivity contribution in [3.63, 3.8) is 0 Å². The number of amides is 2. The fraction of sp³-hybridized carbons (Fsp3) is 0.316. The van der Waals surface area contributed by atoms with Gasteiger partial charge in [0.25, 0.3) is 5.91 Å². The Morgan fingerprint density at radius 1 is 1.00 bits per heavy atom. The first-order chi connectivity index (χ1) is 12.7. The van der Waals surface area contributed by atoms with Crippen LogP contribution in [0.1, 0.15) is 16.1 Å². The lowest BCUT2D eigenvalue weighted by Crippen LogP contribution is -2.50. The summed E-state index contributed by atoms with van der Waals surface area (Å²) in [5.41, 5.74) is 1.99. The molecule has 0 aliphatic carbocycles. The molecular weight excluding hydrogens is 348 g/mol. The van der Waals surface area contributed by atoms with Gasteiger partial charge in [-0.3, -0.25) is 9.59 Å². The van der Waals surface area contributed by atoms with E-state index in [1.807, 2.05) is 56.1 Å². The normalized spacial score (nSPS) is 14.8. The third-order valence-corrected chi connectivity index (χ3v) is 5.60. The average molecular weight is 368 g/mol. The van der Waals surface area contributed by atoms with E-state index in [-0.39, 0.29) is 11.8 Å². The molecule has 0 bridgehead atoms. The quantitative estimate of drug-likeness (QED) is 0.711. The predicted molar refractivity (Wildman–Crippen MR) is 101 cm³/mol. The van der Waals surface area contributed by atoms with Gasteiger partial charge in [-0.1, -0.05) is 18.2 Å². The SMILES string of the molecule is O=C(CCn1cnc2ccccc21)N1CCN(C(=O)c2cccs2)CC1. The molecule has 0 unspecified atom stereocenters. The van der Waals surface area contributed by atoms with Gasteiger partial charge in [0.15, 0.2) is 0 Å². The summed E-state index contributed by atoms with van der Waals surface area (Å²) in [4.78, 5) is 33.7. The number of para-hydroxylation sites is 2. The molecule has 1 aliphatic heterocycles. The predicted octanol–water partition coefficient (Wildman–Crippen LogP) is 2.47. The fourth-order valence-corrected chi connectivity index (χ4v) is 3.97. The molecule has 1 aromatic carbocycles. The zero-order chi connectivity index (χ0) is 17.9. The van der Waals surface area contributed by atoms with Crippen LogP contribution in [0.3, 0.4) is 0 Å². The van der Waals surface area contributed by atoms with E-state index in [1.54, 1.807) is 6.33 Å². The second-order valence-electron chi connectivity index (χ2n) is 6.33. The van der Waals surface area contributed by atoms with Crippen LogP contribution in [0.2, 0.25) is 0 Å². The van der Waals surface area contributed by atoms with Crippen molar-refractivity contribution in [1.82, 2.24) is 19.4 Å². The van der Waals surface area contributed by atoms with Crippen LogP contribution < -0.4 is 0 Å².